The molecule has 1 heterocycles. The third-order valence-electron chi connectivity index (χ3n) is 3.38. The number of aromatic hydroxyl groups is 2. The summed E-state index contributed by atoms with van der Waals surface area (Å²) in [5.41, 5.74) is 2.09. The van der Waals surface area contributed by atoms with Crippen molar-refractivity contribution in [2.75, 3.05) is 6.61 Å². The molecular formula is C16H20O4. The summed E-state index contributed by atoms with van der Waals surface area (Å²) in [7, 11) is 0. The molecule has 0 saturated carbocycles. The van der Waals surface area contributed by atoms with Crippen LogP contribution in [0.15, 0.2) is 17.7 Å². The molecule has 0 radical (unpaired) electrons. The molecule has 0 aliphatic carbocycles. The van der Waals surface area contributed by atoms with E-state index in [-0.39, 0.29) is 29.3 Å². The molecule has 0 unspecified atom stereocenters. The van der Waals surface area contributed by atoms with E-state index in [0.29, 0.717) is 24.3 Å². The van der Waals surface area contributed by atoms with E-state index in [0.717, 1.165) is 12.8 Å². The first-order chi connectivity index (χ1) is 9.50. The predicted octanol–water partition coefficient (Wildman–Crippen LogP) is 3.35. The van der Waals surface area contributed by atoms with Gasteiger partial charge in [0.05, 0.1) is 6.61 Å². The van der Waals surface area contributed by atoms with Gasteiger partial charge in [0.15, 0.2) is 5.78 Å². The summed E-state index contributed by atoms with van der Waals surface area (Å²) in [5.74, 6) is 0.0219. The number of hydrogen-bond acceptors (Lipinski definition) is 4. The maximum absolute atomic E-state index is 11.9. The first kappa shape index (κ1) is 14.4. The van der Waals surface area contributed by atoms with E-state index in [9.17, 15) is 15.0 Å². The number of ether oxygens (including phenoxy) is 1. The third-order valence-corrected chi connectivity index (χ3v) is 3.38. The molecule has 1 aliphatic rings. The van der Waals surface area contributed by atoms with E-state index >= 15 is 0 Å². The molecule has 4 heteroatoms. The van der Waals surface area contributed by atoms with Gasteiger partial charge in [0.1, 0.15) is 22.8 Å². The van der Waals surface area contributed by atoms with Crippen molar-refractivity contribution in [2.24, 2.45) is 0 Å². The molecule has 0 atom stereocenters. The van der Waals surface area contributed by atoms with Gasteiger partial charge in [-0.2, -0.15) is 0 Å². The predicted molar refractivity (Wildman–Crippen MR) is 76.6 cm³/mol. The standard InChI is InChI=1S/C16H20O4/c1-10(2)5-3-4-6-11-13(18)9-14(19)15-12(17)7-8-20-16(11)15/h5,9,18-19H,3-4,6-8H2,1-2H3. The van der Waals surface area contributed by atoms with Crippen LogP contribution in [0.3, 0.4) is 0 Å². The highest BCUT2D eigenvalue weighted by Gasteiger charge is 2.27. The molecule has 0 aromatic heterocycles. The maximum Gasteiger partial charge on any atom is 0.173 e. The number of rotatable bonds is 4. The summed E-state index contributed by atoms with van der Waals surface area (Å²) in [4.78, 5) is 11.9. The zero-order chi connectivity index (χ0) is 14.7. The molecule has 20 heavy (non-hydrogen) atoms. The number of unbranched alkanes of at least 4 members (excludes halogenated alkanes) is 1. The van der Waals surface area contributed by atoms with E-state index < -0.39 is 0 Å². The Kier molecular flexibility index (Phi) is 4.32. The van der Waals surface area contributed by atoms with Crippen molar-refractivity contribution in [1.29, 1.82) is 0 Å². The molecule has 0 spiro atoms. The average Bonchev–Trinajstić information content (AvgIpc) is 2.36. The van der Waals surface area contributed by atoms with Gasteiger partial charge in [-0.15, -0.1) is 0 Å². The largest absolute Gasteiger partial charge is 0.507 e. The molecule has 0 saturated heterocycles. The fraction of sp³-hybridized carbons (Fsp3) is 0.438. The first-order valence-corrected chi connectivity index (χ1v) is 6.88. The Bertz CT molecular complexity index is 554. The lowest BCUT2D eigenvalue weighted by atomic mass is 9.96. The summed E-state index contributed by atoms with van der Waals surface area (Å²) in [6, 6.07) is 1.24. The van der Waals surface area contributed by atoms with Crippen LogP contribution in [0.4, 0.5) is 0 Å². The van der Waals surface area contributed by atoms with Gasteiger partial charge in [-0.3, -0.25) is 4.79 Å². The summed E-state index contributed by atoms with van der Waals surface area (Å²) < 4.78 is 5.51. The molecule has 1 aromatic carbocycles. The Balaban J connectivity index is 2.26. The van der Waals surface area contributed by atoms with Crippen LogP contribution in [0.5, 0.6) is 17.2 Å². The summed E-state index contributed by atoms with van der Waals surface area (Å²) in [5, 5.41) is 19.8. The Hall–Kier alpha value is -1.97. The molecule has 4 nitrogen and oxygen atoms in total. The molecule has 1 aliphatic heterocycles. The molecule has 2 N–H and O–H groups in total. The van der Waals surface area contributed by atoms with Crippen LogP contribution in [-0.4, -0.2) is 22.6 Å². The molecule has 2 rings (SSSR count). The van der Waals surface area contributed by atoms with Crippen LogP contribution in [0.2, 0.25) is 0 Å². The molecular weight excluding hydrogens is 256 g/mol. The van der Waals surface area contributed by atoms with Crippen molar-refractivity contribution in [3.05, 3.63) is 28.8 Å². The van der Waals surface area contributed by atoms with Crippen molar-refractivity contribution >= 4 is 5.78 Å². The van der Waals surface area contributed by atoms with Crippen molar-refractivity contribution in [3.63, 3.8) is 0 Å². The molecule has 0 bridgehead atoms. The fourth-order valence-corrected chi connectivity index (χ4v) is 2.38. The SMILES string of the molecule is CC(C)=CCCCc1c(O)cc(O)c2c1OCCC2=O. The van der Waals surface area contributed by atoms with Crippen LogP contribution in [0.1, 0.15) is 49.0 Å². The quantitative estimate of drug-likeness (QED) is 0.653. The first-order valence-electron chi connectivity index (χ1n) is 6.88. The maximum atomic E-state index is 11.9. The summed E-state index contributed by atoms with van der Waals surface area (Å²) >= 11 is 0. The number of phenols is 2. The van der Waals surface area contributed by atoms with Crippen molar-refractivity contribution in [3.8, 4) is 17.2 Å². The van der Waals surface area contributed by atoms with E-state index in [1.54, 1.807) is 0 Å². The monoisotopic (exact) mass is 276 g/mol. The number of Topliss-reactive ketones (excluding diaryl/α,β-unsaturated/α-hetero) is 1. The van der Waals surface area contributed by atoms with E-state index in [4.69, 9.17) is 4.74 Å². The number of carbonyl (C=O) groups excluding carboxylic acids is 1. The lowest BCUT2D eigenvalue weighted by Crippen LogP contribution is -2.17. The molecule has 1 aromatic rings. The lowest BCUT2D eigenvalue weighted by Gasteiger charge is -2.21. The highest BCUT2D eigenvalue weighted by atomic mass is 16.5. The van der Waals surface area contributed by atoms with Crippen LogP contribution in [0, 0.1) is 0 Å². The second kappa shape index (κ2) is 5.99. The zero-order valence-electron chi connectivity index (χ0n) is 11.9. The van der Waals surface area contributed by atoms with Crippen LogP contribution >= 0.6 is 0 Å². The Morgan fingerprint density at radius 1 is 1.35 bits per heavy atom. The minimum Gasteiger partial charge on any atom is -0.507 e. The minimum atomic E-state index is -0.199. The number of benzene rings is 1. The summed E-state index contributed by atoms with van der Waals surface area (Å²) in [6.45, 7) is 4.39. The normalized spacial score (nSPS) is 13.6. The number of ketones is 1. The summed E-state index contributed by atoms with van der Waals surface area (Å²) in [6.07, 6.45) is 4.78. The van der Waals surface area contributed by atoms with E-state index in [2.05, 4.69) is 6.08 Å². The van der Waals surface area contributed by atoms with E-state index in [1.165, 1.54) is 11.6 Å². The van der Waals surface area contributed by atoms with Gasteiger partial charge in [0.25, 0.3) is 0 Å². The highest BCUT2D eigenvalue weighted by molar-refractivity contribution is 6.02. The van der Waals surface area contributed by atoms with Gasteiger partial charge >= 0.3 is 0 Å². The van der Waals surface area contributed by atoms with Gasteiger partial charge in [0.2, 0.25) is 0 Å². The highest BCUT2D eigenvalue weighted by Crippen LogP contribution is 2.41. The van der Waals surface area contributed by atoms with Crippen LogP contribution in [0.25, 0.3) is 0 Å². The van der Waals surface area contributed by atoms with Gasteiger partial charge in [0, 0.05) is 18.1 Å². The number of carbonyl (C=O) groups is 1. The second-order valence-electron chi connectivity index (χ2n) is 5.29. The number of phenolic OH excluding ortho intramolecular Hbond substituents is 2. The van der Waals surface area contributed by atoms with Crippen molar-refractivity contribution < 1.29 is 19.7 Å². The Labute approximate surface area is 118 Å². The van der Waals surface area contributed by atoms with Crippen molar-refractivity contribution in [2.45, 2.75) is 39.5 Å². The van der Waals surface area contributed by atoms with Gasteiger partial charge in [-0.05, 0) is 33.1 Å². The van der Waals surface area contributed by atoms with E-state index in [1.807, 2.05) is 13.8 Å². The number of allylic oxidation sites excluding steroid dienone is 2. The average molecular weight is 276 g/mol. The fourth-order valence-electron chi connectivity index (χ4n) is 2.38. The minimum absolute atomic E-state index is 0.00634. The van der Waals surface area contributed by atoms with Crippen molar-refractivity contribution in [1.82, 2.24) is 0 Å². The van der Waals surface area contributed by atoms with Gasteiger partial charge in [-0.25, -0.2) is 0 Å². The van der Waals surface area contributed by atoms with Gasteiger partial charge < -0.3 is 14.9 Å². The van der Waals surface area contributed by atoms with Crippen LogP contribution in [-0.2, 0) is 6.42 Å². The Morgan fingerprint density at radius 3 is 2.80 bits per heavy atom. The lowest BCUT2D eigenvalue weighted by molar-refractivity contribution is 0.0928. The van der Waals surface area contributed by atoms with Gasteiger partial charge in [-0.1, -0.05) is 11.6 Å². The molecule has 108 valence electrons. The smallest absolute Gasteiger partial charge is 0.173 e. The topological polar surface area (TPSA) is 66.8 Å². The van der Waals surface area contributed by atoms with Crippen LogP contribution < -0.4 is 4.74 Å². The number of fused-ring (bicyclic) bond motifs is 1. The third kappa shape index (κ3) is 2.95. The zero-order valence-corrected chi connectivity index (χ0v) is 11.9. The second-order valence-corrected chi connectivity index (χ2v) is 5.29. The molecule has 0 amide bonds. The Morgan fingerprint density at radius 2 is 2.10 bits per heavy atom. The number of hydrogen-bond donors (Lipinski definition) is 2. The molecule has 0 fully saturated rings.